The topological polar surface area (TPSA) is 70.1 Å². The summed E-state index contributed by atoms with van der Waals surface area (Å²) in [4.78, 5) is 9.29. The molecule has 3 rings (SSSR count). The fourth-order valence-electron chi connectivity index (χ4n) is 2.70. The van der Waals surface area contributed by atoms with Crippen LogP contribution < -0.4 is 10.6 Å². The van der Waals surface area contributed by atoms with Gasteiger partial charge in [-0.15, -0.1) is 0 Å². The second kappa shape index (κ2) is 7.49. The SMILES string of the molecule is CCC(CO)Nc1nc(Nc2cc(C)ccc2C)nc2ccccc12. The molecule has 3 aromatic rings. The van der Waals surface area contributed by atoms with Crippen LogP contribution in [0.3, 0.4) is 0 Å². The van der Waals surface area contributed by atoms with Crippen LogP contribution in [0.2, 0.25) is 0 Å². The van der Waals surface area contributed by atoms with Gasteiger partial charge in [-0.1, -0.05) is 31.2 Å². The molecule has 0 fully saturated rings. The van der Waals surface area contributed by atoms with Gasteiger partial charge in [-0.05, 0) is 49.6 Å². The number of anilines is 3. The van der Waals surface area contributed by atoms with Crippen LogP contribution in [0.4, 0.5) is 17.5 Å². The van der Waals surface area contributed by atoms with Gasteiger partial charge in [0.25, 0.3) is 0 Å². The van der Waals surface area contributed by atoms with E-state index in [9.17, 15) is 5.11 Å². The van der Waals surface area contributed by atoms with Gasteiger partial charge in [-0.25, -0.2) is 4.98 Å². The number of aliphatic hydroxyl groups excluding tert-OH is 1. The van der Waals surface area contributed by atoms with Gasteiger partial charge in [0.2, 0.25) is 5.95 Å². The highest BCUT2D eigenvalue weighted by Crippen LogP contribution is 2.26. The van der Waals surface area contributed by atoms with Gasteiger partial charge in [-0.3, -0.25) is 0 Å². The Labute approximate surface area is 148 Å². The molecule has 2 aromatic carbocycles. The second-order valence-electron chi connectivity index (χ2n) is 6.29. The summed E-state index contributed by atoms with van der Waals surface area (Å²) < 4.78 is 0. The van der Waals surface area contributed by atoms with Crippen LogP contribution in [-0.2, 0) is 0 Å². The highest BCUT2D eigenvalue weighted by Gasteiger charge is 2.12. The average molecular weight is 336 g/mol. The van der Waals surface area contributed by atoms with Crippen LogP contribution in [0.25, 0.3) is 10.9 Å². The molecule has 0 saturated carbocycles. The molecule has 0 saturated heterocycles. The molecule has 1 aromatic heterocycles. The minimum Gasteiger partial charge on any atom is -0.394 e. The molecular weight excluding hydrogens is 312 g/mol. The number of aliphatic hydroxyl groups is 1. The van der Waals surface area contributed by atoms with Crippen molar-refractivity contribution in [2.24, 2.45) is 0 Å². The number of hydrogen-bond donors (Lipinski definition) is 3. The Bertz CT molecular complexity index is 875. The lowest BCUT2D eigenvalue weighted by molar-refractivity contribution is 0.271. The lowest BCUT2D eigenvalue weighted by Gasteiger charge is -2.17. The molecule has 0 amide bonds. The van der Waals surface area contributed by atoms with Gasteiger partial charge in [0.1, 0.15) is 5.82 Å². The van der Waals surface area contributed by atoms with E-state index >= 15 is 0 Å². The lowest BCUT2D eigenvalue weighted by Crippen LogP contribution is -2.23. The zero-order chi connectivity index (χ0) is 17.8. The molecule has 5 heteroatoms. The molecule has 0 spiro atoms. The number of nitrogens with one attached hydrogen (secondary N) is 2. The first-order valence-corrected chi connectivity index (χ1v) is 8.59. The van der Waals surface area contributed by atoms with E-state index in [1.807, 2.05) is 31.2 Å². The molecule has 25 heavy (non-hydrogen) atoms. The van der Waals surface area contributed by atoms with Crippen molar-refractivity contribution in [3.05, 3.63) is 53.6 Å². The summed E-state index contributed by atoms with van der Waals surface area (Å²) in [6.07, 6.45) is 0.814. The maximum atomic E-state index is 9.51. The third-order valence-electron chi connectivity index (χ3n) is 4.30. The molecule has 1 heterocycles. The molecule has 3 N–H and O–H groups in total. The van der Waals surface area contributed by atoms with Gasteiger partial charge < -0.3 is 15.7 Å². The molecule has 5 nitrogen and oxygen atoms in total. The molecule has 0 aliphatic carbocycles. The maximum Gasteiger partial charge on any atom is 0.229 e. The highest BCUT2D eigenvalue weighted by molar-refractivity contribution is 5.90. The molecule has 1 atom stereocenters. The zero-order valence-corrected chi connectivity index (χ0v) is 14.9. The van der Waals surface area contributed by atoms with Crippen LogP contribution in [0.5, 0.6) is 0 Å². The Morgan fingerprint density at radius 2 is 1.88 bits per heavy atom. The molecule has 0 aliphatic heterocycles. The predicted molar refractivity (Wildman–Crippen MR) is 104 cm³/mol. The largest absolute Gasteiger partial charge is 0.394 e. The molecule has 1 unspecified atom stereocenters. The summed E-state index contributed by atoms with van der Waals surface area (Å²) in [5.74, 6) is 1.28. The number of benzene rings is 2. The van der Waals surface area contributed by atoms with Crippen LogP contribution >= 0.6 is 0 Å². The standard InChI is InChI=1S/C20H24N4O/c1-4-15(12-25)21-19-16-7-5-6-8-17(16)22-20(24-19)23-18-11-13(2)9-10-14(18)3/h5-11,15,25H,4,12H2,1-3H3,(H2,21,22,23,24). The number of hydrogen-bond acceptors (Lipinski definition) is 5. The van der Waals surface area contributed by atoms with Crippen molar-refractivity contribution in [1.29, 1.82) is 0 Å². The zero-order valence-electron chi connectivity index (χ0n) is 14.9. The average Bonchev–Trinajstić information content (AvgIpc) is 2.62. The fourth-order valence-corrected chi connectivity index (χ4v) is 2.70. The predicted octanol–water partition coefficient (Wildman–Crippen LogP) is 4.17. The minimum atomic E-state index is -0.0353. The molecule has 0 radical (unpaired) electrons. The molecule has 130 valence electrons. The Morgan fingerprint density at radius 1 is 1.08 bits per heavy atom. The summed E-state index contributed by atoms with van der Waals surface area (Å²) in [6, 6.07) is 14.1. The van der Waals surface area contributed by atoms with E-state index in [0.717, 1.165) is 34.4 Å². The quantitative estimate of drug-likeness (QED) is 0.630. The van der Waals surface area contributed by atoms with Crippen molar-refractivity contribution in [2.45, 2.75) is 33.2 Å². The molecule has 0 bridgehead atoms. The van der Waals surface area contributed by atoms with Crippen molar-refractivity contribution in [3.8, 4) is 0 Å². The molecular formula is C20H24N4O. The second-order valence-corrected chi connectivity index (χ2v) is 6.29. The van der Waals surface area contributed by atoms with Crippen LogP contribution in [0.1, 0.15) is 24.5 Å². The van der Waals surface area contributed by atoms with Crippen LogP contribution in [0, 0.1) is 13.8 Å². The first kappa shape index (κ1) is 17.2. The van der Waals surface area contributed by atoms with Gasteiger partial charge in [0.05, 0.1) is 18.2 Å². The van der Waals surface area contributed by atoms with E-state index in [2.05, 4.69) is 52.6 Å². The first-order chi connectivity index (χ1) is 12.1. The Balaban J connectivity index is 2.02. The van der Waals surface area contributed by atoms with Crippen molar-refractivity contribution in [1.82, 2.24) is 9.97 Å². The number of aryl methyl sites for hydroxylation is 2. The van der Waals surface area contributed by atoms with Gasteiger partial charge in [0.15, 0.2) is 0 Å². The van der Waals surface area contributed by atoms with Crippen LogP contribution in [0.15, 0.2) is 42.5 Å². The van der Waals surface area contributed by atoms with E-state index in [-0.39, 0.29) is 12.6 Å². The highest BCUT2D eigenvalue weighted by atomic mass is 16.3. The first-order valence-electron chi connectivity index (χ1n) is 8.59. The van der Waals surface area contributed by atoms with Crippen molar-refractivity contribution >= 4 is 28.4 Å². The monoisotopic (exact) mass is 336 g/mol. The summed E-state index contributed by atoms with van der Waals surface area (Å²) in [7, 11) is 0. The van der Waals surface area contributed by atoms with E-state index in [0.29, 0.717) is 5.95 Å². The summed E-state index contributed by atoms with van der Waals surface area (Å²) in [5, 5.41) is 17.1. The Kier molecular flexibility index (Phi) is 5.14. The lowest BCUT2D eigenvalue weighted by atomic mass is 10.1. The Hall–Kier alpha value is -2.66. The van der Waals surface area contributed by atoms with E-state index in [1.54, 1.807) is 0 Å². The maximum absolute atomic E-state index is 9.51. The van der Waals surface area contributed by atoms with Gasteiger partial charge >= 0.3 is 0 Å². The van der Waals surface area contributed by atoms with Gasteiger partial charge in [-0.2, -0.15) is 4.98 Å². The number of rotatable bonds is 6. The third kappa shape index (κ3) is 3.88. The fraction of sp³-hybridized carbons (Fsp3) is 0.300. The normalized spacial score (nSPS) is 12.2. The van der Waals surface area contributed by atoms with Crippen LogP contribution in [-0.4, -0.2) is 27.7 Å². The van der Waals surface area contributed by atoms with Crippen molar-refractivity contribution in [3.63, 3.8) is 0 Å². The van der Waals surface area contributed by atoms with Crippen molar-refractivity contribution < 1.29 is 5.11 Å². The summed E-state index contributed by atoms with van der Waals surface area (Å²) in [5.41, 5.74) is 4.17. The molecule has 0 aliphatic rings. The number of nitrogens with zero attached hydrogens (tertiary/aromatic N) is 2. The van der Waals surface area contributed by atoms with Gasteiger partial charge in [0, 0.05) is 11.1 Å². The van der Waals surface area contributed by atoms with E-state index < -0.39 is 0 Å². The Morgan fingerprint density at radius 3 is 2.64 bits per heavy atom. The van der Waals surface area contributed by atoms with E-state index in [4.69, 9.17) is 0 Å². The van der Waals surface area contributed by atoms with E-state index in [1.165, 1.54) is 5.56 Å². The van der Waals surface area contributed by atoms with Crippen molar-refractivity contribution in [2.75, 3.05) is 17.2 Å². The number of fused-ring (bicyclic) bond motifs is 1. The smallest absolute Gasteiger partial charge is 0.229 e. The summed E-state index contributed by atoms with van der Waals surface area (Å²) in [6.45, 7) is 6.22. The summed E-state index contributed by atoms with van der Waals surface area (Å²) >= 11 is 0. The number of aromatic nitrogens is 2. The minimum absolute atomic E-state index is 0.0353. The third-order valence-corrected chi connectivity index (χ3v) is 4.30. The number of para-hydroxylation sites is 1.